The van der Waals surface area contributed by atoms with Gasteiger partial charge in [-0.05, 0) is 30.5 Å². The van der Waals surface area contributed by atoms with Crippen molar-refractivity contribution < 1.29 is 4.79 Å². The zero-order chi connectivity index (χ0) is 11.6. The first-order valence-corrected chi connectivity index (χ1v) is 5.97. The topological polar surface area (TPSA) is 43.1 Å². The third-order valence-corrected chi connectivity index (χ3v) is 3.73. The van der Waals surface area contributed by atoms with Crippen LogP contribution in [0.4, 0.5) is 0 Å². The van der Waals surface area contributed by atoms with Crippen molar-refractivity contribution in [2.75, 3.05) is 0 Å². The summed E-state index contributed by atoms with van der Waals surface area (Å²) in [6, 6.07) is 3.60. The van der Waals surface area contributed by atoms with Gasteiger partial charge in [0.05, 0.1) is 4.83 Å². The van der Waals surface area contributed by atoms with Gasteiger partial charge in [-0.3, -0.25) is 4.79 Å². The van der Waals surface area contributed by atoms with Crippen LogP contribution in [0.25, 0.3) is 0 Å². The summed E-state index contributed by atoms with van der Waals surface area (Å²) in [6.45, 7) is 1.88. The van der Waals surface area contributed by atoms with Gasteiger partial charge in [0.25, 0.3) is 0 Å². The molecule has 0 spiro atoms. The number of benzene rings is 1. The van der Waals surface area contributed by atoms with E-state index in [4.69, 9.17) is 28.9 Å². The van der Waals surface area contributed by atoms with Crippen LogP contribution in [0.2, 0.25) is 10.0 Å². The van der Waals surface area contributed by atoms with Gasteiger partial charge >= 0.3 is 0 Å². The summed E-state index contributed by atoms with van der Waals surface area (Å²) in [7, 11) is 0. The second kappa shape index (κ2) is 5.19. The molecule has 0 bridgehead atoms. The zero-order valence-electron chi connectivity index (χ0n) is 8.06. The van der Waals surface area contributed by atoms with Crippen molar-refractivity contribution in [1.29, 1.82) is 0 Å². The van der Waals surface area contributed by atoms with E-state index >= 15 is 0 Å². The first kappa shape index (κ1) is 12.8. The van der Waals surface area contributed by atoms with Crippen LogP contribution in [-0.4, -0.2) is 10.7 Å². The van der Waals surface area contributed by atoms with E-state index in [2.05, 4.69) is 15.9 Å². The molecule has 1 rings (SSSR count). The van der Waals surface area contributed by atoms with E-state index in [1.54, 1.807) is 6.07 Å². The highest BCUT2D eigenvalue weighted by Crippen LogP contribution is 2.29. The normalized spacial score (nSPS) is 12.5. The molecule has 0 aliphatic carbocycles. The highest BCUT2D eigenvalue weighted by atomic mass is 79.9. The van der Waals surface area contributed by atoms with Gasteiger partial charge in [-0.15, -0.1) is 0 Å². The quantitative estimate of drug-likeness (QED) is 0.857. The maximum atomic E-state index is 10.9. The maximum Gasteiger partial charge on any atom is 0.231 e. The summed E-state index contributed by atoms with van der Waals surface area (Å²) in [5, 5.41) is 1.14. The zero-order valence-corrected chi connectivity index (χ0v) is 11.2. The van der Waals surface area contributed by atoms with Gasteiger partial charge in [0.15, 0.2) is 0 Å². The second-order valence-electron chi connectivity index (χ2n) is 3.23. The smallest absolute Gasteiger partial charge is 0.231 e. The Balaban J connectivity index is 3.03. The molecule has 1 aromatic carbocycles. The molecule has 0 heterocycles. The lowest BCUT2D eigenvalue weighted by molar-refractivity contribution is -0.117. The summed E-state index contributed by atoms with van der Waals surface area (Å²) in [6.07, 6.45) is 0.397. The molecule has 1 aromatic rings. The fourth-order valence-corrected chi connectivity index (χ4v) is 2.03. The molecule has 0 aliphatic rings. The van der Waals surface area contributed by atoms with Crippen LogP contribution in [0.3, 0.4) is 0 Å². The van der Waals surface area contributed by atoms with Crippen molar-refractivity contribution in [2.24, 2.45) is 5.73 Å². The lowest BCUT2D eigenvalue weighted by Gasteiger charge is -2.11. The van der Waals surface area contributed by atoms with E-state index in [0.29, 0.717) is 16.5 Å². The molecule has 0 radical (unpaired) electrons. The Labute approximate surface area is 107 Å². The van der Waals surface area contributed by atoms with Crippen LogP contribution < -0.4 is 5.73 Å². The van der Waals surface area contributed by atoms with Crippen molar-refractivity contribution in [3.05, 3.63) is 33.3 Å². The minimum atomic E-state index is -0.450. The fraction of sp³-hybridized carbons (Fsp3) is 0.300. The summed E-state index contributed by atoms with van der Waals surface area (Å²) >= 11 is 15.3. The molecule has 0 saturated carbocycles. The number of nitrogens with two attached hydrogens (primary N) is 1. The molecular weight excluding hydrogens is 301 g/mol. The number of carbonyl (C=O) groups excluding carboxylic acids is 1. The molecule has 0 aromatic heterocycles. The molecule has 2 N–H and O–H groups in total. The number of amides is 1. The van der Waals surface area contributed by atoms with Gasteiger partial charge in [-0.1, -0.05) is 45.2 Å². The van der Waals surface area contributed by atoms with Crippen molar-refractivity contribution in [3.8, 4) is 0 Å². The average molecular weight is 311 g/mol. The lowest BCUT2D eigenvalue weighted by Crippen LogP contribution is -2.25. The van der Waals surface area contributed by atoms with Crippen LogP contribution in [0, 0.1) is 6.92 Å². The largest absolute Gasteiger partial charge is 0.369 e. The molecule has 0 aliphatic heterocycles. The number of halogens is 3. The predicted octanol–water partition coefficient (Wildman–Crippen LogP) is 3.09. The molecule has 1 amide bonds. The molecule has 1 unspecified atom stereocenters. The number of aryl methyl sites for hydroxylation is 1. The Hall–Kier alpha value is -0.250. The number of rotatable bonds is 3. The van der Waals surface area contributed by atoms with E-state index < -0.39 is 10.7 Å². The van der Waals surface area contributed by atoms with Crippen molar-refractivity contribution in [2.45, 2.75) is 18.2 Å². The van der Waals surface area contributed by atoms with Crippen LogP contribution in [0.1, 0.15) is 11.1 Å². The SMILES string of the molecule is Cc1ccc(Cl)c(CC(Br)C(N)=O)c1Cl. The minimum Gasteiger partial charge on any atom is -0.369 e. The monoisotopic (exact) mass is 309 g/mol. The Morgan fingerprint density at radius 2 is 2.13 bits per heavy atom. The highest BCUT2D eigenvalue weighted by molar-refractivity contribution is 9.10. The Bertz CT molecular complexity index is 395. The van der Waals surface area contributed by atoms with Crippen molar-refractivity contribution in [1.82, 2.24) is 0 Å². The first-order valence-electron chi connectivity index (χ1n) is 4.30. The van der Waals surface area contributed by atoms with Crippen LogP contribution >= 0.6 is 39.1 Å². The van der Waals surface area contributed by atoms with Gasteiger partial charge < -0.3 is 5.73 Å². The lowest BCUT2D eigenvalue weighted by atomic mass is 10.1. The fourth-order valence-electron chi connectivity index (χ4n) is 1.18. The molecule has 82 valence electrons. The van der Waals surface area contributed by atoms with Crippen molar-refractivity contribution in [3.63, 3.8) is 0 Å². The van der Waals surface area contributed by atoms with E-state index in [0.717, 1.165) is 11.1 Å². The summed E-state index contributed by atoms with van der Waals surface area (Å²) < 4.78 is 0. The van der Waals surface area contributed by atoms with Gasteiger partial charge in [-0.2, -0.15) is 0 Å². The first-order chi connectivity index (χ1) is 6.93. The molecule has 0 saturated heterocycles. The second-order valence-corrected chi connectivity index (χ2v) is 5.12. The number of alkyl halides is 1. The Kier molecular flexibility index (Phi) is 4.44. The predicted molar refractivity (Wildman–Crippen MR) is 66.8 cm³/mol. The van der Waals surface area contributed by atoms with Crippen LogP contribution in [0.5, 0.6) is 0 Å². The highest BCUT2D eigenvalue weighted by Gasteiger charge is 2.16. The molecule has 1 atom stereocenters. The van der Waals surface area contributed by atoms with Gasteiger partial charge in [0.1, 0.15) is 0 Å². The van der Waals surface area contributed by atoms with Crippen molar-refractivity contribution >= 4 is 45.0 Å². The molecule has 5 heteroatoms. The maximum absolute atomic E-state index is 10.9. The van der Waals surface area contributed by atoms with E-state index in [9.17, 15) is 4.79 Å². The van der Waals surface area contributed by atoms with E-state index in [1.165, 1.54) is 0 Å². The van der Waals surface area contributed by atoms with Gasteiger partial charge in [0.2, 0.25) is 5.91 Å². The number of primary amides is 1. The summed E-state index contributed by atoms with van der Waals surface area (Å²) in [5.41, 5.74) is 6.83. The van der Waals surface area contributed by atoms with Crippen LogP contribution in [-0.2, 0) is 11.2 Å². The Morgan fingerprint density at radius 3 is 2.67 bits per heavy atom. The van der Waals surface area contributed by atoms with E-state index in [-0.39, 0.29) is 0 Å². The van der Waals surface area contributed by atoms with Gasteiger partial charge in [-0.25, -0.2) is 0 Å². The minimum absolute atomic E-state index is 0.397. The summed E-state index contributed by atoms with van der Waals surface area (Å²) in [5.74, 6) is -0.427. The third-order valence-electron chi connectivity index (χ3n) is 2.07. The Morgan fingerprint density at radius 1 is 1.53 bits per heavy atom. The molecule has 0 fully saturated rings. The van der Waals surface area contributed by atoms with Crippen LogP contribution in [0.15, 0.2) is 12.1 Å². The number of carbonyl (C=O) groups is 1. The molecular formula is C10H10BrCl2NO. The molecule has 2 nitrogen and oxygen atoms in total. The number of hydrogen-bond donors (Lipinski definition) is 1. The third kappa shape index (κ3) is 3.10. The number of hydrogen-bond acceptors (Lipinski definition) is 1. The summed E-state index contributed by atoms with van der Waals surface area (Å²) in [4.78, 5) is 10.5. The average Bonchev–Trinajstić information content (AvgIpc) is 2.18. The standard InChI is InChI=1S/C10H10BrCl2NO/c1-5-2-3-8(12)6(9(5)13)4-7(11)10(14)15/h2-3,7H,4H2,1H3,(H2,14,15). The van der Waals surface area contributed by atoms with Gasteiger partial charge in [0, 0.05) is 10.0 Å². The molecule has 15 heavy (non-hydrogen) atoms. The van der Waals surface area contributed by atoms with E-state index in [1.807, 2.05) is 13.0 Å².